The van der Waals surface area contributed by atoms with E-state index in [0.717, 1.165) is 28.5 Å². The molecule has 0 saturated heterocycles. The Morgan fingerprint density at radius 1 is 0.958 bits per heavy atom. The fourth-order valence-electron chi connectivity index (χ4n) is 2.39. The molecule has 2 aromatic heterocycles. The predicted octanol–water partition coefficient (Wildman–Crippen LogP) is 4.15. The van der Waals surface area contributed by atoms with Crippen molar-refractivity contribution in [1.82, 2.24) is 15.0 Å². The number of pyridine rings is 1. The molecule has 5 heteroatoms. The Labute approximate surface area is 142 Å². The largest absolute Gasteiger partial charge is 0.364 e. The number of rotatable bonds is 5. The standard InChI is InChI=1S/C19H21N5/c1-13-7-8-14(2)17(10-13)23-19-22-15(3)11-18(24-19)21-12-16-6-4-5-9-20-16/h4-11H,12H2,1-3H3,(H2,21,22,23,24). The summed E-state index contributed by atoms with van der Waals surface area (Å²) in [7, 11) is 0. The van der Waals surface area contributed by atoms with E-state index in [9.17, 15) is 0 Å². The molecular weight excluding hydrogens is 298 g/mol. The van der Waals surface area contributed by atoms with Crippen LogP contribution in [0.5, 0.6) is 0 Å². The van der Waals surface area contributed by atoms with Crippen LogP contribution in [0.25, 0.3) is 0 Å². The van der Waals surface area contributed by atoms with Crippen LogP contribution in [0.3, 0.4) is 0 Å². The molecule has 0 bridgehead atoms. The zero-order chi connectivity index (χ0) is 16.9. The second kappa shape index (κ2) is 7.08. The van der Waals surface area contributed by atoms with Crippen LogP contribution < -0.4 is 10.6 Å². The summed E-state index contributed by atoms with van der Waals surface area (Å²) >= 11 is 0. The summed E-state index contributed by atoms with van der Waals surface area (Å²) in [6.45, 7) is 6.72. The lowest BCUT2D eigenvalue weighted by molar-refractivity contribution is 1.01. The molecule has 24 heavy (non-hydrogen) atoms. The Kier molecular flexibility index (Phi) is 4.70. The fourth-order valence-corrected chi connectivity index (χ4v) is 2.39. The second-order valence-electron chi connectivity index (χ2n) is 5.84. The third kappa shape index (κ3) is 4.07. The number of aromatic nitrogens is 3. The highest BCUT2D eigenvalue weighted by Crippen LogP contribution is 2.21. The minimum atomic E-state index is 0.590. The van der Waals surface area contributed by atoms with E-state index in [0.29, 0.717) is 12.5 Å². The molecule has 0 aliphatic rings. The summed E-state index contributed by atoms with van der Waals surface area (Å²) < 4.78 is 0. The Balaban J connectivity index is 1.77. The first-order chi connectivity index (χ1) is 11.6. The third-order valence-corrected chi connectivity index (χ3v) is 3.67. The molecule has 0 atom stereocenters. The molecular formula is C19H21N5. The lowest BCUT2D eigenvalue weighted by Crippen LogP contribution is -2.06. The molecule has 2 heterocycles. The lowest BCUT2D eigenvalue weighted by Gasteiger charge is -2.12. The van der Waals surface area contributed by atoms with Gasteiger partial charge in [-0.1, -0.05) is 18.2 Å². The van der Waals surface area contributed by atoms with E-state index in [1.54, 1.807) is 6.20 Å². The highest BCUT2D eigenvalue weighted by Gasteiger charge is 2.05. The van der Waals surface area contributed by atoms with Gasteiger partial charge in [0.2, 0.25) is 5.95 Å². The topological polar surface area (TPSA) is 62.7 Å². The summed E-state index contributed by atoms with van der Waals surface area (Å²) in [4.78, 5) is 13.3. The van der Waals surface area contributed by atoms with Crippen LogP contribution in [0.15, 0.2) is 48.7 Å². The number of nitrogens with zero attached hydrogens (tertiary/aromatic N) is 3. The van der Waals surface area contributed by atoms with E-state index in [1.165, 1.54) is 5.56 Å². The number of hydrogen-bond donors (Lipinski definition) is 2. The first-order valence-electron chi connectivity index (χ1n) is 7.94. The highest BCUT2D eigenvalue weighted by molar-refractivity contribution is 5.60. The SMILES string of the molecule is Cc1ccc(C)c(Nc2nc(C)cc(NCc3ccccn3)n2)c1. The average molecular weight is 319 g/mol. The molecule has 0 aliphatic carbocycles. The van der Waals surface area contributed by atoms with Crippen LogP contribution in [0, 0.1) is 20.8 Å². The monoisotopic (exact) mass is 319 g/mol. The van der Waals surface area contributed by atoms with Crippen molar-refractivity contribution >= 4 is 17.5 Å². The molecule has 0 amide bonds. The average Bonchev–Trinajstić information content (AvgIpc) is 2.57. The van der Waals surface area contributed by atoms with Crippen molar-refractivity contribution in [2.75, 3.05) is 10.6 Å². The molecule has 3 aromatic rings. The van der Waals surface area contributed by atoms with Gasteiger partial charge in [-0.25, -0.2) is 4.98 Å². The minimum Gasteiger partial charge on any atom is -0.364 e. The van der Waals surface area contributed by atoms with Crippen molar-refractivity contribution in [2.45, 2.75) is 27.3 Å². The van der Waals surface area contributed by atoms with E-state index >= 15 is 0 Å². The van der Waals surface area contributed by atoms with Crippen molar-refractivity contribution in [3.05, 3.63) is 71.2 Å². The normalized spacial score (nSPS) is 10.5. The first-order valence-corrected chi connectivity index (χ1v) is 7.94. The molecule has 1 aromatic carbocycles. The maximum Gasteiger partial charge on any atom is 0.229 e. The fraction of sp³-hybridized carbons (Fsp3) is 0.211. The molecule has 122 valence electrons. The molecule has 0 unspecified atom stereocenters. The van der Waals surface area contributed by atoms with Gasteiger partial charge in [0.25, 0.3) is 0 Å². The zero-order valence-corrected chi connectivity index (χ0v) is 14.2. The molecule has 5 nitrogen and oxygen atoms in total. The van der Waals surface area contributed by atoms with Gasteiger partial charge < -0.3 is 10.6 Å². The molecule has 0 fully saturated rings. The van der Waals surface area contributed by atoms with Crippen LogP contribution in [-0.2, 0) is 6.54 Å². The van der Waals surface area contributed by atoms with Gasteiger partial charge >= 0.3 is 0 Å². The van der Waals surface area contributed by atoms with Gasteiger partial charge in [-0.2, -0.15) is 4.98 Å². The summed E-state index contributed by atoms with van der Waals surface area (Å²) in [6.07, 6.45) is 1.79. The van der Waals surface area contributed by atoms with Crippen molar-refractivity contribution in [1.29, 1.82) is 0 Å². The summed E-state index contributed by atoms with van der Waals surface area (Å²) in [6, 6.07) is 14.1. The van der Waals surface area contributed by atoms with Crippen molar-refractivity contribution in [3.63, 3.8) is 0 Å². The van der Waals surface area contributed by atoms with E-state index in [4.69, 9.17) is 0 Å². The number of nitrogens with one attached hydrogen (secondary N) is 2. The van der Waals surface area contributed by atoms with Gasteiger partial charge in [-0.15, -0.1) is 0 Å². The van der Waals surface area contributed by atoms with Crippen molar-refractivity contribution in [2.24, 2.45) is 0 Å². The first kappa shape index (κ1) is 15.9. The summed E-state index contributed by atoms with van der Waals surface area (Å²) in [5, 5.41) is 6.61. The number of aryl methyl sites for hydroxylation is 3. The zero-order valence-electron chi connectivity index (χ0n) is 14.2. The molecule has 0 spiro atoms. The van der Waals surface area contributed by atoms with Gasteiger partial charge in [-0.3, -0.25) is 4.98 Å². The Hall–Kier alpha value is -2.95. The van der Waals surface area contributed by atoms with Crippen LogP contribution in [0.1, 0.15) is 22.5 Å². The van der Waals surface area contributed by atoms with E-state index in [1.807, 2.05) is 31.2 Å². The highest BCUT2D eigenvalue weighted by atomic mass is 15.1. The van der Waals surface area contributed by atoms with Crippen LogP contribution >= 0.6 is 0 Å². The predicted molar refractivity (Wildman–Crippen MR) is 97.5 cm³/mol. The molecule has 0 radical (unpaired) electrons. The Morgan fingerprint density at radius 3 is 2.62 bits per heavy atom. The van der Waals surface area contributed by atoms with E-state index < -0.39 is 0 Å². The minimum absolute atomic E-state index is 0.590. The maximum absolute atomic E-state index is 4.55. The lowest BCUT2D eigenvalue weighted by atomic mass is 10.1. The van der Waals surface area contributed by atoms with Gasteiger partial charge in [-0.05, 0) is 50.1 Å². The van der Waals surface area contributed by atoms with E-state index in [2.05, 4.69) is 57.6 Å². The van der Waals surface area contributed by atoms with E-state index in [-0.39, 0.29) is 0 Å². The Morgan fingerprint density at radius 2 is 1.83 bits per heavy atom. The van der Waals surface area contributed by atoms with Gasteiger partial charge in [0.15, 0.2) is 0 Å². The summed E-state index contributed by atoms with van der Waals surface area (Å²) in [5.74, 6) is 1.37. The third-order valence-electron chi connectivity index (χ3n) is 3.67. The van der Waals surface area contributed by atoms with Crippen LogP contribution in [-0.4, -0.2) is 15.0 Å². The van der Waals surface area contributed by atoms with Crippen molar-refractivity contribution < 1.29 is 0 Å². The molecule has 2 N–H and O–H groups in total. The van der Waals surface area contributed by atoms with Crippen LogP contribution in [0.4, 0.5) is 17.5 Å². The maximum atomic E-state index is 4.55. The smallest absolute Gasteiger partial charge is 0.229 e. The number of anilines is 3. The number of benzene rings is 1. The van der Waals surface area contributed by atoms with Crippen LogP contribution in [0.2, 0.25) is 0 Å². The van der Waals surface area contributed by atoms with Gasteiger partial charge in [0.1, 0.15) is 5.82 Å². The van der Waals surface area contributed by atoms with Crippen molar-refractivity contribution in [3.8, 4) is 0 Å². The second-order valence-corrected chi connectivity index (χ2v) is 5.84. The summed E-state index contributed by atoms with van der Waals surface area (Å²) in [5.41, 5.74) is 5.26. The van der Waals surface area contributed by atoms with Gasteiger partial charge in [0, 0.05) is 23.6 Å². The molecule has 0 aliphatic heterocycles. The quantitative estimate of drug-likeness (QED) is 0.739. The Bertz CT molecular complexity index is 830. The van der Waals surface area contributed by atoms with Gasteiger partial charge in [0.05, 0.1) is 12.2 Å². The molecule has 3 rings (SSSR count). The number of hydrogen-bond acceptors (Lipinski definition) is 5. The molecule has 0 saturated carbocycles.